The van der Waals surface area contributed by atoms with Crippen molar-refractivity contribution in [3.05, 3.63) is 42.9 Å². The fourth-order valence-corrected chi connectivity index (χ4v) is 1.13. The van der Waals surface area contributed by atoms with Gasteiger partial charge in [0.15, 0.2) is 0 Å². The van der Waals surface area contributed by atoms with Crippen LogP contribution >= 0.6 is 0 Å². The van der Waals surface area contributed by atoms with E-state index in [-0.39, 0.29) is 0 Å². The monoisotopic (exact) mass is 160 g/mol. The van der Waals surface area contributed by atoms with Gasteiger partial charge in [0.05, 0.1) is 0 Å². The van der Waals surface area contributed by atoms with Crippen molar-refractivity contribution in [3.8, 4) is 11.3 Å². The number of nitrogens with zero attached hydrogens (tertiary/aromatic N) is 1. The smallest absolute Gasteiger partial charge is 0.334 e. The highest BCUT2D eigenvalue weighted by Crippen LogP contribution is 2.15. The van der Waals surface area contributed by atoms with E-state index in [4.69, 9.17) is 4.42 Å². The molecule has 0 spiro atoms. The van der Waals surface area contributed by atoms with Crippen LogP contribution < -0.4 is 4.57 Å². The highest BCUT2D eigenvalue weighted by atomic mass is 16.3. The lowest BCUT2D eigenvalue weighted by atomic mass is 10.2. The van der Waals surface area contributed by atoms with Gasteiger partial charge >= 0.3 is 6.39 Å². The Morgan fingerprint density at radius 2 is 1.92 bits per heavy atom. The summed E-state index contributed by atoms with van der Waals surface area (Å²) < 4.78 is 7.20. The summed E-state index contributed by atoms with van der Waals surface area (Å²) in [4.78, 5) is 0. The molecule has 1 aromatic carbocycles. The van der Waals surface area contributed by atoms with Crippen LogP contribution in [0.15, 0.2) is 47.3 Å². The Bertz CT molecular complexity index is 364. The van der Waals surface area contributed by atoms with Crippen LogP contribution in [0.3, 0.4) is 0 Å². The summed E-state index contributed by atoms with van der Waals surface area (Å²) in [6.07, 6.45) is 3.64. The molecule has 0 aliphatic rings. The molecule has 1 aromatic heterocycles. The van der Waals surface area contributed by atoms with Crippen molar-refractivity contribution in [1.82, 2.24) is 0 Å². The molecule has 2 aromatic rings. The van der Waals surface area contributed by atoms with E-state index in [0.29, 0.717) is 0 Å². The lowest BCUT2D eigenvalue weighted by Crippen LogP contribution is -2.22. The van der Waals surface area contributed by atoms with E-state index < -0.39 is 0 Å². The minimum absolute atomic E-state index is 0.901. The average Bonchev–Trinajstić information content (AvgIpc) is 2.54. The van der Waals surface area contributed by atoms with Crippen LogP contribution in [0.25, 0.3) is 11.3 Å². The summed E-state index contributed by atoms with van der Waals surface area (Å²) in [7, 11) is 1.94. The van der Waals surface area contributed by atoms with Crippen molar-refractivity contribution in [3.63, 3.8) is 0 Å². The molecule has 0 saturated heterocycles. The van der Waals surface area contributed by atoms with Gasteiger partial charge in [-0.15, -0.1) is 0 Å². The van der Waals surface area contributed by atoms with E-state index in [1.165, 1.54) is 0 Å². The maximum Gasteiger partial charge on any atom is 0.334 e. The van der Waals surface area contributed by atoms with Crippen molar-refractivity contribution in [1.29, 1.82) is 0 Å². The molecule has 0 unspecified atom stereocenters. The third-order valence-electron chi connectivity index (χ3n) is 1.73. The predicted octanol–water partition coefficient (Wildman–Crippen LogP) is 1.77. The second-order valence-corrected chi connectivity index (χ2v) is 2.75. The summed E-state index contributed by atoms with van der Waals surface area (Å²) in [6, 6.07) is 10.0. The van der Waals surface area contributed by atoms with E-state index in [1.54, 1.807) is 6.39 Å². The molecule has 0 aliphatic heterocycles. The van der Waals surface area contributed by atoms with Gasteiger partial charge in [0.2, 0.25) is 12.0 Å². The topological polar surface area (TPSA) is 17.0 Å². The molecule has 0 amide bonds. The van der Waals surface area contributed by atoms with E-state index in [9.17, 15) is 0 Å². The summed E-state index contributed by atoms with van der Waals surface area (Å²) in [5.74, 6) is 0.901. The average molecular weight is 160 g/mol. The van der Waals surface area contributed by atoms with Gasteiger partial charge in [-0.3, -0.25) is 0 Å². The summed E-state index contributed by atoms with van der Waals surface area (Å²) >= 11 is 0. The third-order valence-corrected chi connectivity index (χ3v) is 1.73. The highest BCUT2D eigenvalue weighted by molar-refractivity contribution is 5.54. The van der Waals surface area contributed by atoms with Crippen LogP contribution in [0, 0.1) is 0 Å². The number of aromatic nitrogens is 1. The van der Waals surface area contributed by atoms with Crippen molar-refractivity contribution in [2.24, 2.45) is 7.05 Å². The molecule has 0 fully saturated rings. The highest BCUT2D eigenvalue weighted by Gasteiger charge is 2.05. The number of hydrogen-bond acceptors (Lipinski definition) is 1. The Morgan fingerprint density at radius 3 is 2.50 bits per heavy atom. The molecular formula is C10H10NO+. The lowest BCUT2D eigenvalue weighted by molar-refractivity contribution is -0.674. The summed E-state index contributed by atoms with van der Waals surface area (Å²) in [6.45, 7) is 0. The SMILES string of the molecule is C[n+]1coc(-c2ccccc2)c1. The lowest BCUT2D eigenvalue weighted by Gasteiger charge is -1.89. The molecule has 2 rings (SSSR count). The van der Waals surface area contributed by atoms with Crippen molar-refractivity contribution in [2.75, 3.05) is 0 Å². The molecule has 0 atom stereocenters. The Kier molecular flexibility index (Phi) is 1.67. The van der Waals surface area contributed by atoms with E-state index in [2.05, 4.69) is 0 Å². The fraction of sp³-hybridized carbons (Fsp3) is 0.100. The van der Waals surface area contributed by atoms with Crippen LogP contribution in [-0.2, 0) is 7.05 Å². The molecule has 60 valence electrons. The molecule has 0 bridgehead atoms. The second kappa shape index (κ2) is 2.81. The van der Waals surface area contributed by atoms with Crippen molar-refractivity contribution < 1.29 is 8.98 Å². The zero-order valence-electron chi connectivity index (χ0n) is 6.90. The van der Waals surface area contributed by atoms with Crippen molar-refractivity contribution >= 4 is 0 Å². The van der Waals surface area contributed by atoms with Gasteiger partial charge in [0, 0.05) is 5.56 Å². The maximum atomic E-state index is 5.31. The van der Waals surface area contributed by atoms with Crippen LogP contribution in [0.4, 0.5) is 0 Å². The molecule has 0 saturated carbocycles. The Labute approximate surface area is 71.1 Å². The van der Waals surface area contributed by atoms with Crippen LogP contribution in [0.5, 0.6) is 0 Å². The molecule has 1 heterocycles. The first-order valence-electron chi connectivity index (χ1n) is 3.85. The summed E-state index contributed by atoms with van der Waals surface area (Å²) in [5, 5.41) is 0. The molecule has 2 heteroatoms. The van der Waals surface area contributed by atoms with Crippen LogP contribution in [0.2, 0.25) is 0 Å². The van der Waals surface area contributed by atoms with Gasteiger partial charge in [-0.05, 0) is 0 Å². The normalized spacial score (nSPS) is 10.1. The zero-order chi connectivity index (χ0) is 8.39. The van der Waals surface area contributed by atoms with Crippen molar-refractivity contribution in [2.45, 2.75) is 0 Å². The first-order chi connectivity index (χ1) is 5.86. The first-order valence-corrected chi connectivity index (χ1v) is 3.85. The quantitative estimate of drug-likeness (QED) is 0.581. The van der Waals surface area contributed by atoms with Gasteiger partial charge in [-0.25, -0.2) is 0 Å². The minimum Gasteiger partial charge on any atom is -0.404 e. The Balaban J connectivity index is 2.45. The largest absolute Gasteiger partial charge is 0.404 e. The maximum absolute atomic E-state index is 5.31. The molecular weight excluding hydrogens is 150 g/mol. The first kappa shape index (κ1) is 7.10. The van der Waals surface area contributed by atoms with E-state index >= 15 is 0 Å². The Hall–Kier alpha value is -1.57. The van der Waals surface area contributed by atoms with Crippen LogP contribution in [0.1, 0.15) is 0 Å². The van der Waals surface area contributed by atoms with Gasteiger partial charge in [0.1, 0.15) is 7.05 Å². The Morgan fingerprint density at radius 1 is 1.17 bits per heavy atom. The minimum atomic E-state index is 0.901. The second-order valence-electron chi connectivity index (χ2n) is 2.75. The zero-order valence-corrected chi connectivity index (χ0v) is 6.90. The number of aryl methyl sites for hydroxylation is 1. The van der Waals surface area contributed by atoms with Gasteiger partial charge in [0.25, 0.3) is 0 Å². The number of rotatable bonds is 1. The molecule has 2 nitrogen and oxygen atoms in total. The van der Waals surface area contributed by atoms with Crippen LogP contribution in [-0.4, -0.2) is 0 Å². The van der Waals surface area contributed by atoms with Gasteiger partial charge < -0.3 is 4.42 Å². The summed E-state index contributed by atoms with van der Waals surface area (Å²) in [5.41, 5.74) is 1.11. The van der Waals surface area contributed by atoms with Gasteiger partial charge in [-0.2, -0.15) is 4.57 Å². The number of hydrogen-bond donors (Lipinski definition) is 0. The van der Waals surface area contributed by atoms with E-state index in [1.807, 2.05) is 48.1 Å². The number of oxazole rings is 1. The predicted molar refractivity (Wildman–Crippen MR) is 45.3 cm³/mol. The molecule has 12 heavy (non-hydrogen) atoms. The number of benzene rings is 1. The molecule has 0 radical (unpaired) electrons. The van der Waals surface area contributed by atoms with E-state index in [0.717, 1.165) is 11.3 Å². The fourth-order valence-electron chi connectivity index (χ4n) is 1.13. The van der Waals surface area contributed by atoms with Gasteiger partial charge in [-0.1, -0.05) is 30.3 Å². The standard InChI is InChI=1S/C10H10NO/c1-11-7-10(12-8-11)9-5-3-2-4-6-9/h2-8H,1H3/q+1. The molecule has 0 aliphatic carbocycles. The molecule has 0 N–H and O–H groups in total. The third kappa shape index (κ3) is 1.23.